The Morgan fingerprint density at radius 2 is 1.81 bits per heavy atom. The lowest BCUT2D eigenvalue weighted by Crippen LogP contribution is -2.12. The van der Waals surface area contributed by atoms with Gasteiger partial charge in [-0.3, -0.25) is 0 Å². The fourth-order valence-corrected chi connectivity index (χ4v) is 2.08. The average molecular weight is 364 g/mol. The molecule has 0 saturated heterocycles. The van der Waals surface area contributed by atoms with Gasteiger partial charge in [-0.2, -0.15) is 13.2 Å². The minimum Gasteiger partial charge on any atom is -0.454 e. The summed E-state index contributed by atoms with van der Waals surface area (Å²) in [5.74, 6) is -0.951. The molecule has 112 valence electrons. The highest BCUT2D eigenvalue weighted by atomic mass is 79.9. The van der Waals surface area contributed by atoms with Gasteiger partial charge in [0.05, 0.1) is 5.56 Å². The second kappa shape index (κ2) is 6.03. The molecule has 0 heterocycles. The van der Waals surface area contributed by atoms with Crippen molar-refractivity contribution in [1.82, 2.24) is 0 Å². The van der Waals surface area contributed by atoms with E-state index >= 15 is 0 Å². The summed E-state index contributed by atoms with van der Waals surface area (Å²) in [4.78, 5) is 0. The van der Waals surface area contributed by atoms with Crippen LogP contribution in [0.3, 0.4) is 0 Å². The van der Waals surface area contributed by atoms with E-state index in [9.17, 15) is 17.6 Å². The monoisotopic (exact) mass is 363 g/mol. The van der Waals surface area contributed by atoms with Crippen LogP contribution < -0.4 is 10.5 Å². The topological polar surface area (TPSA) is 35.2 Å². The van der Waals surface area contributed by atoms with E-state index in [1.807, 2.05) is 0 Å². The van der Waals surface area contributed by atoms with Crippen LogP contribution >= 0.6 is 15.9 Å². The van der Waals surface area contributed by atoms with Gasteiger partial charge in [0, 0.05) is 11.0 Å². The van der Waals surface area contributed by atoms with Crippen LogP contribution in [0.4, 0.5) is 17.6 Å². The Balaban J connectivity index is 2.37. The van der Waals surface area contributed by atoms with Crippen molar-refractivity contribution in [2.24, 2.45) is 5.73 Å². The van der Waals surface area contributed by atoms with Crippen LogP contribution in [0.5, 0.6) is 11.5 Å². The van der Waals surface area contributed by atoms with Crippen molar-refractivity contribution in [3.63, 3.8) is 0 Å². The van der Waals surface area contributed by atoms with Gasteiger partial charge in [0.15, 0.2) is 11.6 Å². The van der Waals surface area contributed by atoms with E-state index in [0.29, 0.717) is 4.47 Å². The third kappa shape index (κ3) is 3.74. The molecule has 2 N–H and O–H groups in total. The van der Waals surface area contributed by atoms with E-state index in [2.05, 4.69) is 15.9 Å². The average Bonchev–Trinajstić information content (AvgIpc) is 2.41. The van der Waals surface area contributed by atoms with Crippen LogP contribution in [-0.4, -0.2) is 0 Å². The number of hydrogen-bond donors (Lipinski definition) is 1. The molecule has 0 radical (unpaired) electrons. The molecule has 0 aliphatic rings. The summed E-state index contributed by atoms with van der Waals surface area (Å²) in [5, 5.41) is 0. The first-order valence-corrected chi connectivity index (χ1v) is 6.63. The summed E-state index contributed by atoms with van der Waals surface area (Å²) in [5.41, 5.74) is 4.35. The molecule has 0 bridgehead atoms. The van der Waals surface area contributed by atoms with E-state index in [4.69, 9.17) is 10.5 Å². The van der Waals surface area contributed by atoms with E-state index < -0.39 is 17.6 Å². The Labute approximate surface area is 126 Å². The van der Waals surface area contributed by atoms with Crippen LogP contribution in [-0.2, 0) is 12.7 Å². The first-order chi connectivity index (χ1) is 9.81. The Bertz CT molecular complexity index is 658. The molecule has 0 saturated carbocycles. The summed E-state index contributed by atoms with van der Waals surface area (Å²) in [6, 6.07) is 7.35. The fourth-order valence-electron chi connectivity index (χ4n) is 1.75. The minimum atomic E-state index is -4.55. The van der Waals surface area contributed by atoms with Crippen molar-refractivity contribution in [1.29, 1.82) is 0 Å². The zero-order chi connectivity index (χ0) is 15.6. The second-order valence-corrected chi connectivity index (χ2v) is 5.11. The van der Waals surface area contributed by atoms with E-state index in [0.717, 1.165) is 12.1 Å². The number of ether oxygens (including phenoxy) is 1. The van der Waals surface area contributed by atoms with E-state index in [1.165, 1.54) is 24.3 Å². The molecule has 2 rings (SSSR count). The third-order valence-electron chi connectivity index (χ3n) is 2.73. The highest BCUT2D eigenvalue weighted by Gasteiger charge is 2.33. The van der Waals surface area contributed by atoms with Crippen molar-refractivity contribution in [3.8, 4) is 11.5 Å². The van der Waals surface area contributed by atoms with Gasteiger partial charge in [0.2, 0.25) is 0 Å². The number of benzene rings is 2. The lowest BCUT2D eigenvalue weighted by Gasteiger charge is -2.14. The Morgan fingerprint density at radius 1 is 1.10 bits per heavy atom. The molecule has 0 fully saturated rings. The number of halogens is 5. The van der Waals surface area contributed by atoms with Crippen molar-refractivity contribution in [2.75, 3.05) is 0 Å². The van der Waals surface area contributed by atoms with Crippen LogP contribution in [0.2, 0.25) is 0 Å². The van der Waals surface area contributed by atoms with Crippen molar-refractivity contribution in [2.45, 2.75) is 12.7 Å². The molecule has 2 aromatic rings. The summed E-state index contributed by atoms with van der Waals surface area (Å²) in [7, 11) is 0. The Hall–Kier alpha value is -1.60. The minimum absolute atomic E-state index is 0.0499. The predicted octanol–water partition coefficient (Wildman–Crippen LogP) is 4.86. The molecule has 2 nitrogen and oxygen atoms in total. The van der Waals surface area contributed by atoms with Gasteiger partial charge >= 0.3 is 6.18 Å². The van der Waals surface area contributed by atoms with Gasteiger partial charge in [0.1, 0.15) is 5.75 Å². The molecule has 21 heavy (non-hydrogen) atoms. The van der Waals surface area contributed by atoms with Gasteiger partial charge < -0.3 is 10.5 Å². The first kappa shape index (κ1) is 15.8. The second-order valence-electron chi connectivity index (χ2n) is 4.20. The molecule has 0 aliphatic carbocycles. The van der Waals surface area contributed by atoms with Gasteiger partial charge in [-0.15, -0.1) is 0 Å². The maximum Gasteiger partial charge on any atom is 0.416 e. The van der Waals surface area contributed by atoms with Gasteiger partial charge in [-0.05, 0) is 35.9 Å². The zero-order valence-corrected chi connectivity index (χ0v) is 12.1. The van der Waals surface area contributed by atoms with Crippen molar-refractivity contribution >= 4 is 15.9 Å². The largest absolute Gasteiger partial charge is 0.454 e. The highest BCUT2D eigenvalue weighted by molar-refractivity contribution is 9.10. The quantitative estimate of drug-likeness (QED) is 0.790. The van der Waals surface area contributed by atoms with Crippen molar-refractivity contribution in [3.05, 3.63) is 57.8 Å². The van der Waals surface area contributed by atoms with Crippen LogP contribution in [0.1, 0.15) is 11.1 Å². The normalized spacial score (nSPS) is 11.5. The molecule has 7 heteroatoms. The van der Waals surface area contributed by atoms with Gasteiger partial charge in [0.25, 0.3) is 0 Å². The smallest absolute Gasteiger partial charge is 0.416 e. The molecule has 2 aromatic carbocycles. The molecule has 0 unspecified atom stereocenters. The van der Waals surface area contributed by atoms with Crippen LogP contribution in [0, 0.1) is 5.82 Å². The molecule has 0 aliphatic heterocycles. The summed E-state index contributed by atoms with van der Waals surface area (Å²) >= 11 is 3.08. The predicted molar refractivity (Wildman–Crippen MR) is 73.5 cm³/mol. The summed E-state index contributed by atoms with van der Waals surface area (Å²) < 4.78 is 58.0. The number of nitrogens with two attached hydrogens (primary N) is 1. The number of hydrogen-bond acceptors (Lipinski definition) is 2. The highest BCUT2D eigenvalue weighted by Crippen LogP contribution is 2.36. The number of alkyl halides is 3. The molecular formula is C14H10BrF4NO. The van der Waals surface area contributed by atoms with Crippen LogP contribution in [0.15, 0.2) is 40.9 Å². The lowest BCUT2D eigenvalue weighted by atomic mass is 10.1. The van der Waals surface area contributed by atoms with Crippen molar-refractivity contribution < 1.29 is 22.3 Å². The third-order valence-corrected chi connectivity index (χ3v) is 3.22. The van der Waals surface area contributed by atoms with Crippen LogP contribution in [0.25, 0.3) is 0 Å². The molecule has 0 aromatic heterocycles. The Kier molecular flexibility index (Phi) is 4.53. The maximum atomic E-state index is 13.6. The standard InChI is InChI=1S/C14H10BrF4NO/c15-9-2-4-13(12(16)5-9)21-10-3-1-8(7-20)11(6-10)14(17,18)19/h1-6H,7,20H2. The lowest BCUT2D eigenvalue weighted by molar-refractivity contribution is -0.138. The molecule has 0 amide bonds. The zero-order valence-electron chi connectivity index (χ0n) is 10.5. The maximum absolute atomic E-state index is 13.6. The Morgan fingerprint density at radius 3 is 2.38 bits per heavy atom. The SMILES string of the molecule is NCc1ccc(Oc2ccc(Br)cc2F)cc1C(F)(F)F. The van der Waals surface area contributed by atoms with Gasteiger partial charge in [-0.1, -0.05) is 22.0 Å². The molecular weight excluding hydrogens is 354 g/mol. The van der Waals surface area contributed by atoms with Gasteiger partial charge in [-0.25, -0.2) is 4.39 Å². The number of rotatable bonds is 3. The summed E-state index contributed by atoms with van der Waals surface area (Å²) in [6.07, 6.45) is -4.55. The van der Waals surface area contributed by atoms with E-state index in [1.54, 1.807) is 0 Å². The van der Waals surface area contributed by atoms with E-state index in [-0.39, 0.29) is 23.6 Å². The molecule has 0 atom stereocenters. The summed E-state index contributed by atoms with van der Waals surface area (Å²) in [6.45, 7) is -0.248. The first-order valence-electron chi connectivity index (χ1n) is 5.84. The fraction of sp³-hybridized carbons (Fsp3) is 0.143. The molecule has 0 spiro atoms.